The van der Waals surface area contributed by atoms with Crippen LogP contribution in [-0.2, 0) is 4.84 Å². The fraction of sp³-hybridized carbons (Fsp3) is 0.156. The molecule has 8 heteroatoms. The zero-order valence-corrected chi connectivity index (χ0v) is 23.0. The molecular formula is C32H29ClN4O3. The molecule has 0 spiro atoms. The Hall–Kier alpha value is -4.46. The van der Waals surface area contributed by atoms with E-state index in [-0.39, 0.29) is 17.5 Å². The minimum Gasteiger partial charge on any atom is -0.345 e. The molecule has 0 saturated carbocycles. The van der Waals surface area contributed by atoms with Gasteiger partial charge in [0.2, 0.25) is 0 Å². The molecule has 40 heavy (non-hydrogen) atoms. The summed E-state index contributed by atoms with van der Waals surface area (Å²) in [5.74, 6) is -0.127. The third kappa shape index (κ3) is 5.76. The molecule has 5 rings (SSSR count). The van der Waals surface area contributed by atoms with E-state index in [2.05, 4.69) is 22.7 Å². The van der Waals surface area contributed by atoms with E-state index in [1.807, 2.05) is 60.7 Å². The molecule has 0 aliphatic rings. The second kappa shape index (κ2) is 12.2. The highest BCUT2D eigenvalue weighted by Crippen LogP contribution is 2.36. The van der Waals surface area contributed by atoms with Gasteiger partial charge in [0.1, 0.15) is 5.82 Å². The number of carbonyl (C=O) groups is 2. The van der Waals surface area contributed by atoms with Gasteiger partial charge in [0.05, 0.1) is 29.7 Å². The Balaban J connectivity index is 1.57. The van der Waals surface area contributed by atoms with Crippen molar-refractivity contribution in [1.29, 1.82) is 0 Å². The van der Waals surface area contributed by atoms with Crippen LogP contribution >= 0.6 is 11.6 Å². The Kier molecular flexibility index (Phi) is 8.24. The average molecular weight is 553 g/mol. The maximum absolute atomic E-state index is 13.4. The Bertz CT molecular complexity index is 1630. The van der Waals surface area contributed by atoms with Crippen molar-refractivity contribution in [2.45, 2.75) is 25.8 Å². The second-order valence-electron chi connectivity index (χ2n) is 9.41. The number of aromatic nitrogens is 2. The van der Waals surface area contributed by atoms with Crippen LogP contribution in [0.1, 0.15) is 52.1 Å². The number of H-pyrrole nitrogens is 1. The molecule has 0 radical (unpaired) electrons. The van der Waals surface area contributed by atoms with E-state index in [1.165, 1.54) is 7.11 Å². The van der Waals surface area contributed by atoms with E-state index in [1.54, 1.807) is 30.3 Å². The minimum atomic E-state index is -0.490. The monoisotopic (exact) mass is 552 g/mol. The average Bonchev–Trinajstić information content (AvgIpc) is 3.41. The molecule has 7 nitrogen and oxygen atoms in total. The molecule has 0 bridgehead atoms. The van der Waals surface area contributed by atoms with Gasteiger partial charge in [0, 0.05) is 16.1 Å². The summed E-state index contributed by atoms with van der Waals surface area (Å²) in [6.07, 6.45) is 1.69. The number of carbonyl (C=O) groups excluding carboxylic acids is 2. The van der Waals surface area contributed by atoms with Crippen LogP contribution in [0.3, 0.4) is 0 Å². The summed E-state index contributed by atoms with van der Waals surface area (Å²) in [6.45, 7) is 2.08. The van der Waals surface area contributed by atoms with Gasteiger partial charge in [0.15, 0.2) is 0 Å². The third-order valence-electron chi connectivity index (χ3n) is 6.72. The molecule has 4 aromatic carbocycles. The van der Waals surface area contributed by atoms with Gasteiger partial charge in [0.25, 0.3) is 11.8 Å². The summed E-state index contributed by atoms with van der Waals surface area (Å²) in [6, 6.07) is 27.9. The number of hydrogen-bond acceptors (Lipinski definition) is 4. The molecule has 5 aromatic rings. The number of hydroxylamine groups is 1. The predicted molar refractivity (Wildman–Crippen MR) is 158 cm³/mol. The number of aromatic amines is 1. The van der Waals surface area contributed by atoms with Gasteiger partial charge in [-0.15, -0.1) is 0 Å². The quantitative estimate of drug-likeness (QED) is 0.170. The Labute approximate surface area is 237 Å². The van der Waals surface area contributed by atoms with Crippen molar-refractivity contribution in [2.24, 2.45) is 0 Å². The summed E-state index contributed by atoms with van der Waals surface area (Å²) in [4.78, 5) is 39.7. The minimum absolute atomic E-state index is 0.151. The molecule has 1 unspecified atom stereocenters. The van der Waals surface area contributed by atoms with Crippen molar-refractivity contribution in [3.05, 3.63) is 113 Å². The summed E-state index contributed by atoms with van der Waals surface area (Å²) >= 11 is 6.43. The lowest BCUT2D eigenvalue weighted by molar-refractivity contribution is 0.0538. The maximum atomic E-state index is 13.4. The highest BCUT2D eigenvalue weighted by molar-refractivity contribution is 6.31. The molecule has 1 aromatic heterocycles. The smallest absolute Gasteiger partial charge is 0.275 e. The van der Waals surface area contributed by atoms with Crippen molar-refractivity contribution >= 4 is 34.4 Å². The van der Waals surface area contributed by atoms with Crippen molar-refractivity contribution < 1.29 is 14.4 Å². The first-order valence-corrected chi connectivity index (χ1v) is 13.4. The first-order valence-electron chi connectivity index (χ1n) is 13.1. The number of hydrogen-bond donors (Lipinski definition) is 3. The summed E-state index contributed by atoms with van der Waals surface area (Å²) in [5.41, 5.74) is 7.79. The number of para-hydroxylation sites is 2. The summed E-state index contributed by atoms with van der Waals surface area (Å²) in [5, 5.41) is 3.63. The van der Waals surface area contributed by atoms with Crippen LogP contribution in [0.2, 0.25) is 5.02 Å². The van der Waals surface area contributed by atoms with E-state index in [4.69, 9.17) is 21.4 Å². The lowest BCUT2D eigenvalue weighted by atomic mass is 9.92. The number of rotatable bonds is 9. The van der Waals surface area contributed by atoms with Gasteiger partial charge in [-0.05, 0) is 65.6 Å². The number of fused-ring (bicyclic) bond motifs is 1. The highest BCUT2D eigenvalue weighted by Gasteiger charge is 2.22. The molecular weight excluding hydrogens is 524 g/mol. The Morgan fingerprint density at radius 2 is 1.65 bits per heavy atom. The maximum Gasteiger partial charge on any atom is 0.275 e. The van der Waals surface area contributed by atoms with E-state index >= 15 is 0 Å². The number of nitrogens with one attached hydrogen (secondary N) is 3. The first kappa shape index (κ1) is 27.1. The van der Waals surface area contributed by atoms with Crippen LogP contribution in [0.15, 0.2) is 91.0 Å². The van der Waals surface area contributed by atoms with E-state index < -0.39 is 5.91 Å². The fourth-order valence-electron chi connectivity index (χ4n) is 4.82. The second-order valence-corrected chi connectivity index (χ2v) is 9.85. The van der Waals surface area contributed by atoms with E-state index in [0.717, 1.165) is 35.0 Å². The van der Waals surface area contributed by atoms with E-state index in [0.29, 0.717) is 27.5 Å². The van der Waals surface area contributed by atoms with Crippen LogP contribution in [0.4, 0.5) is 0 Å². The number of amides is 2. The van der Waals surface area contributed by atoms with Gasteiger partial charge >= 0.3 is 0 Å². The number of nitrogens with zero attached hydrogens (tertiary/aromatic N) is 1. The predicted octanol–water partition coefficient (Wildman–Crippen LogP) is 7.11. The van der Waals surface area contributed by atoms with E-state index in [9.17, 15) is 9.59 Å². The lowest BCUT2D eigenvalue weighted by Gasteiger charge is -2.19. The van der Waals surface area contributed by atoms with Crippen LogP contribution in [-0.4, -0.2) is 28.9 Å². The zero-order valence-electron chi connectivity index (χ0n) is 22.2. The Morgan fingerprint density at radius 1 is 0.900 bits per heavy atom. The normalized spacial score (nSPS) is 11.8. The largest absolute Gasteiger partial charge is 0.345 e. The standard InChI is InChI=1S/C32H29ClN4O3/c1-3-9-27(20-10-5-4-6-11-20)36-31(38)21-14-16-23(26(18-21)32(39)37-40-2)25-19-22(33)15-17-24(25)30-34-28-12-7-8-13-29(28)35-30/h4-8,10-19,27H,3,9H2,1-2H3,(H,34,35)(H,36,38)(H,37,39). The van der Waals surface area contributed by atoms with Gasteiger partial charge in [-0.2, -0.15) is 0 Å². The van der Waals surface area contributed by atoms with Gasteiger partial charge < -0.3 is 10.3 Å². The molecule has 0 aliphatic carbocycles. The number of imidazole rings is 1. The SMILES string of the molecule is CCCC(NC(=O)c1ccc(-c2cc(Cl)ccc2-c2nc3ccccc3[nH]2)c(C(=O)NOC)c1)c1ccccc1. The topological polar surface area (TPSA) is 96.1 Å². The first-order chi connectivity index (χ1) is 19.5. The van der Waals surface area contributed by atoms with Crippen molar-refractivity contribution in [1.82, 2.24) is 20.8 Å². The van der Waals surface area contributed by atoms with Crippen LogP contribution < -0.4 is 10.8 Å². The molecule has 202 valence electrons. The summed E-state index contributed by atoms with van der Waals surface area (Å²) in [7, 11) is 1.36. The molecule has 0 fully saturated rings. The van der Waals surface area contributed by atoms with Crippen molar-refractivity contribution in [2.75, 3.05) is 7.11 Å². The van der Waals surface area contributed by atoms with Crippen LogP contribution in [0.25, 0.3) is 33.5 Å². The molecule has 3 N–H and O–H groups in total. The van der Waals surface area contributed by atoms with Gasteiger partial charge in [-0.1, -0.05) is 73.5 Å². The van der Waals surface area contributed by atoms with Gasteiger partial charge in [-0.25, -0.2) is 10.5 Å². The lowest BCUT2D eigenvalue weighted by Crippen LogP contribution is -2.29. The number of halogens is 1. The Morgan fingerprint density at radius 3 is 2.40 bits per heavy atom. The van der Waals surface area contributed by atoms with Crippen molar-refractivity contribution in [3.8, 4) is 22.5 Å². The summed E-state index contributed by atoms with van der Waals surface area (Å²) < 4.78 is 0. The fourth-order valence-corrected chi connectivity index (χ4v) is 4.99. The highest BCUT2D eigenvalue weighted by atomic mass is 35.5. The molecule has 0 saturated heterocycles. The molecule has 1 heterocycles. The van der Waals surface area contributed by atoms with Crippen LogP contribution in [0, 0.1) is 0 Å². The molecule has 0 aliphatic heterocycles. The number of benzene rings is 4. The van der Waals surface area contributed by atoms with Crippen LogP contribution in [0.5, 0.6) is 0 Å². The third-order valence-corrected chi connectivity index (χ3v) is 6.96. The van der Waals surface area contributed by atoms with Gasteiger partial charge in [-0.3, -0.25) is 14.4 Å². The van der Waals surface area contributed by atoms with Crippen molar-refractivity contribution in [3.63, 3.8) is 0 Å². The molecule has 2 amide bonds. The zero-order chi connectivity index (χ0) is 28.1. The molecule has 1 atom stereocenters.